The topological polar surface area (TPSA) is 66.4 Å². The SMILES string of the molecule is Cc1cncc([C@@H]2CCCN(C3CCN(S(C)(=O)=O)CC3)C2)n1. The maximum absolute atomic E-state index is 11.6. The summed E-state index contributed by atoms with van der Waals surface area (Å²) in [6, 6.07) is 0.494. The van der Waals surface area contributed by atoms with Crippen molar-refractivity contribution in [2.24, 2.45) is 0 Å². The van der Waals surface area contributed by atoms with E-state index in [0.717, 1.165) is 43.7 Å². The Kier molecular flexibility index (Phi) is 4.98. The third-order valence-electron chi connectivity index (χ3n) is 5.05. The number of piperidine rings is 2. The molecule has 0 unspecified atom stereocenters. The zero-order valence-corrected chi connectivity index (χ0v) is 14.8. The molecule has 2 aliphatic rings. The third-order valence-corrected chi connectivity index (χ3v) is 6.36. The number of hydrogen-bond donors (Lipinski definition) is 0. The highest BCUT2D eigenvalue weighted by molar-refractivity contribution is 7.88. The molecule has 1 aromatic heterocycles. The number of rotatable bonds is 3. The highest BCUT2D eigenvalue weighted by Gasteiger charge is 2.32. The molecule has 0 radical (unpaired) electrons. The Bertz CT molecular complexity index is 641. The maximum Gasteiger partial charge on any atom is 0.211 e. The van der Waals surface area contributed by atoms with Crippen LogP contribution in [-0.4, -0.2) is 66.1 Å². The van der Waals surface area contributed by atoms with E-state index in [2.05, 4.69) is 14.9 Å². The van der Waals surface area contributed by atoms with Crippen LogP contribution in [0, 0.1) is 6.92 Å². The molecule has 0 saturated carbocycles. The number of aryl methyl sites for hydroxylation is 1. The third kappa shape index (κ3) is 4.08. The molecule has 128 valence electrons. The summed E-state index contributed by atoms with van der Waals surface area (Å²) in [5.74, 6) is 0.448. The number of likely N-dealkylation sites (tertiary alicyclic amines) is 1. The molecule has 2 fully saturated rings. The van der Waals surface area contributed by atoms with Gasteiger partial charge in [0.15, 0.2) is 0 Å². The number of hydrogen-bond acceptors (Lipinski definition) is 5. The Balaban J connectivity index is 1.61. The second-order valence-electron chi connectivity index (χ2n) is 6.81. The van der Waals surface area contributed by atoms with Crippen molar-refractivity contribution in [3.63, 3.8) is 0 Å². The van der Waals surface area contributed by atoms with Gasteiger partial charge in [0, 0.05) is 44.0 Å². The van der Waals surface area contributed by atoms with E-state index in [0.29, 0.717) is 25.0 Å². The molecule has 0 bridgehead atoms. The average molecular weight is 338 g/mol. The molecule has 23 heavy (non-hydrogen) atoms. The summed E-state index contributed by atoms with van der Waals surface area (Å²) in [7, 11) is -3.04. The van der Waals surface area contributed by atoms with Crippen molar-refractivity contribution >= 4 is 10.0 Å². The average Bonchev–Trinajstić information content (AvgIpc) is 2.54. The quantitative estimate of drug-likeness (QED) is 0.833. The van der Waals surface area contributed by atoms with Gasteiger partial charge in [-0.1, -0.05) is 0 Å². The van der Waals surface area contributed by atoms with Crippen molar-refractivity contribution in [3.05, 3.63) is 23.8 Å². The molecule has 6 nitrogen and oxygen atoms in total. The standard InChI is InChI=1S/C16H26N4O2S/c1-13-10-17-11-16(18-13)14-4-3-7-19(12-14)15-5-8-20(9-6-15)23(2,21)22/h10-11,14-15H,3-9,12H2,1-2H3/t14-/m1/s1. The van der Waals surface area contributed by atoms with Crippen molar-refractivity contribution in [2.45, 2.75) is 44.6 Å². The Morgan fingerprint density at radius 2 is 1.87 bits per heavy atom. The van der Waals surface area contributed by atoms with Crippen LogP contribution < -0.4 is 0 Å². The van der Waals surface area contributed by atoms with Gasteiger partial charge in [-0.15, -0.1) is 0 Å². The lowest BCUT2D eigenvalue weighted by Gasteiger charge is -2.41. The Morgan fingerprint density at radius 1 is 1.13 bits per heavy atom. The van der Waals surface area contributed by atoms with Crippen LogP contribution in [0.25, 0.3) is 0 Å². The van der Waals surface area contributed by atoms with Crippen LogP contribution >= 0.6 is 0 Å². The maximum atomic E-state index is 11.6. The van der Waals surface area contributed by atoms with Crippen LogP contribution in [0.4, 0.5) is 0 Å². The van der Waals surface area contributed by atoms with E-state index in [1.807, 2.05) is 13.1 Å². The first-order valence-electron chi connectivity index (χ1n) is 8.41. The number of sulfonamides is 1. The van der Waals surface area contributed by atoms with E-state index in [1.165, 1.54) is 12.7 Å². The normalized spacial score (nSPS) is 25.6. The zero-order chi connectivity index (χ0) is 16.4. The Morgan fingerprint density at radius 3 is 2.52 bits per heavy atom. The molecule has 0 aliphatic carbocycles. The molecule has 2 aliphatic heterocycles. The van der Waals surface area contributed by atoms with Crippen LogP contribution in [0.5, 0.6) is 0 Å². The molecule has 0 aromatic carbocycles. The first-order valence-corrected chi connectivity index (χ1v) is 10.3. The van der Waals surface area contributed by atoms with E-state index in [4.69, 9.17) is 0 Å². The van der Waals surface area contributed by atoms with Gasteiger partial charge < -0.3 is 0 Å². The van der Waals surface area contributed by atoms with Crippen molar-refractivity contribution in [3.8, 4) is 0 Å². The van der Waals surface area contributed by atoms with Gasteiger partial charge in [-0.3, -0.25) is 14.9 Å². The molecule has 7 heteroatoms. The van der Waals surface area contributed by atoms with E-state index in [9.17, 15) is 8.42 Å². The molecular weight excluding hydrogens is 312 g/mol. The number of aromatic nitrogens is 2. The fraction of sp³-hybridized carbons (Fsp3) is 0.750. The van der Waals surface area contributed by atoms with Gasteiger partial charge in [0.1, 0.15) is 0 Å². The molecule has 1 atom stereocenters. The van der Waals surface area contributed by atoms with Crippen molar-refractivity contribution in [1.82, 2.24) is 19.2 Å². The fourth-order valence-electron chi connectivity index (χ4n) is 3.80. The van der Waals surface area contributed by atoms with E-state index in [1.54, 1.807) is 10.5 Å². The molecule has 3 rings (SSSR count). The van der Waals surface area contributed by atoms with Crippen molar-refractivity contribution < 1.29 is 8.42 Å². The van der Waals surface area contributed by atoms with Gasteiger partial charge in [-0.05, 0) is 39.2 Å². The van der Waals surface area contributed by atoms with E-state index in [-0.39, 0.29) is 0 Å². The minimum absolute atomic E-state index is 0.448. The smallest absolute Gasteiger partial charge is 0.211 e. The minimum Gasteiger partial charge on any atom is -0.300 e. The Labute approximate surface area is 139 Å². The van der Waals surface area contributed by atoms with Gasteiger partial charge in [0.25, 0.3) is 0 Å². The van der Waals surface area contributed by atoms with Gasteiger partial charge in [0.05, 0.1) is 17.6 Å². The fourth-order valence-corrected chi connectivity index (χ4v) is 4.67. The van der Waals surface area contributed by atoms with E-state index >= 15 is 0 Å². The Hall–Kier alpha value is -1.05. The largest absolute Gasteiger partial charge is 0.300 e. The highest BCUT2D eigenvalue weighted by Crippen LogP contribution is 2.29. The van der Waals surface area contributed by atoms with Gasteiger partial charge in [-0.2, -0.15) is 0 Å². The molecule has 0 spiro atoms. The van der Waals surface area contributed by atoms with Gasteiger partial charge in [-0.25, -0.2) is 12.7 Å². The van der Waals surface area contributed by atoms with Crippen LogP contribution in [0.2, 0.25) is 0 Å². The summed E-state index contributed by atoms with van der Waals surface area (Å²) in [5, 5.41) is 0. The summed E-state index contributed by atoms with van der Waals surface area (Å²) in [6.45, 7) is 5.41. The van der Waals surface area contributed by atoms with Crippen LogP contribution in [0.3, 0.4) is 0 Å². The predicted octanol–water partition coefficient (Wildman–Crippen LogP) is 1.39. The lowest BCUT2D eigenvalue weighted by Crippen LogP contribution is -2.49. The monoisotopic (exact) mass is 338 g/mol. The van der Waals surface area contributed by atoms with E-state index < -0.39 is 10.0 Å². The lowest BCUT2D eigenvalue weighted by atomic mass is 9.92. The summed E-state index contributed by atoms with van der Waals surface area (Å²) < 4.78 is 24.9. The molecule has 0 amide bonds. The summed E-state index contributed by atoms with van der Waals surface area (Å²) in [5.41, 5.74) is 2.07. The highest BCUT2D eigenvalue weighted by atomic mass is 32.2. The summed E-state index contributed by atoms with van der Waals surface area (Å²) in [6.07, 6.45) is 9.20. The molecule has 0 N–H and O–H groups in total. The van der Waals surface area contributed by atoms with Gasteiger partial charge in [0.2, 0.25) is 10.0 Å². The predicted molar refractivity (Wildman–Crippen MR) is 89.8 cm³/mol. The molecule has 3 heterocycles. The molecule has 2 saturated heterocycles. The minimum atomic E-state index is -3.04. The van der Waals surface area contributed by atoms with Gasteiger partial charge >= 0.3 is 0 Å². The zero-order valence-electron chi connectivity index (χ0n) is 14.0. The summed E-state index contributed by atoms with van der Waals surface area (Å²) >= 11 is 0. The summed E-state index contributed by atoms with van der Waals surface area (Å²) in [4.78, 5) is 11.5. The van der Waals surface area contributed by atoms with Crippen molar-refractivity contribution in [2.75, 3.05) is 32.4 Å². The van der Waals surface area contributed by atoms with Crippen LogP contribution in [-0.2, 0) is 10.0 Å². The first-order chi connectivity index (χ1) is 10.9. The van der Waals surface area contributed by atoms with Crippen molar-refractivity contribution in [1.29, 1.82) is 0 Å². The second kappa shape index (κ2) is 6.83. The molecular formula is C16H26N4O2S. The lowest BCUT2D eigenvalue weighted by molar-refractivity contribution is 0.106. The van der Waals surface area contributed by atoms with Crippen LogP contribution in [0.1, 0.15) is 43.0 Å². The second-order valence-corrected chi connectivity index (χ2v) is 8.80. The van der Waals surface area contributed by atoms with Crippen LogP contribution in [0.15, 0.2) is 12.4 Å². The number of nitrogens with zero attached hydrogens (tertiary/aromatic N) is 4. The molecule has 1 aromatic rings. The first kappa shape index (κ1) is 16.8.